The zero-order valence-corrected chi connectivity index (χ0v) is 11.8. The molecule has 0 bridgehead atoms. The second-order valence-electron chi connectivity index (χ2n) is 5.09. The van der Waals surface area contributed by atoms with Crippen LogP contribution in [0.2, 0.25) is 0 Å². The monoisotopic (exact) mass is 327 g/mol. The summed E-state index contributed by atoms with van der Waals surface area (Å²) >= 11 is 0. The predicted molar refractivity (Wildman–Crippen MR) is 75.3 cm³/mol. The Kier molecular flexibility index (Phi) is 4.69. The van der Waals surface area contributed by atoms with Crippen molar-refractivity contribution in [1.29, 1.82) is 0 Å². The number of aliphatic hydroxyl groups excluding tert-OH is 1. The fraction of sp³-hybridized carbons (Fsp3) is 0.500. The molecule has 0 spiro atoms. The van der Waals surface area contributed by atoms with Gasteiger partial charge in [0.2, 0.25) is 0 Å². The summed E-state index contributed by atoms with van der Waals surface area (Å²) in [4.78, 5) is 30.1. The van der Waals surface area contributed by atoms with Crippen molar-refractivity contribution < 1.29 is 24.6 Å². The van der Waals surface area contributed by atoms with Crippen molar-refractivity contribution in [2.45, 2.75) is 37.9 Å². The quantitative estimate of drug-likeness (QED) is 0.635. The molecule has 11 heteroatoms. The summed E-state index contributed by atoms with van der Waals surface area (Å²) < 4.78 is 5.33. The Bertz CT molecular complexity index is 627. The first-order chi connectivity index (χ1) is 10.8. The Labute approximate surface area is 128 Å². The van der Waals surface area contributed by atoms with Gasteiger partial charge in [0.1, 0.15) is 6.10 Å². The van der Waals surface area contributed by atoms with Crippen LogP contribution in [0.1, 0.15) is 25.7 Å². The smallest absolute Gasteiger partial charge is 0.325 e. The molecule has 11 nitrogen and oxygen atoms in total. The fourth-order valence-electron chi connectivity index (χ4n) is 2.45. The molecule has 0 saturated heterocycles. The van der Waals surface area contributed by atoms with Gasteiger partial charge < -0.3 is 9.84 Å². The highest BCUT2D eigenvalue weighted by atomic mass is 16.6. The number of rotatable bonds is 5. The van der Waals surface area contributed by atoms with Gasteiger partial charge in [-0.05, 0) is 19.3 Å². The van der Waals surface area contributed by atoms with Crippen molar-refractivity contribution in [3.8, 4) is 5.75 Å². The van der Waals surface area contributed by atoms with E-state index in [1.165, 1.54) is 0 Å². The minimum atomic E-state index is -0.982. The van der Waals surface area contributed by atoms with E-state index < -0.39 is 49.8 Å². The van der Waals surface area contributed by atoms with Crippen LogP contribution in [0.3, 0.4) is 0 Å². The molecule has 1 aromatic rings. The molecule has 1 aliphatic carbocycles. The van der Waals surface area contributed by atoms with Crippen molar-refractivity contribution in [2.75, 3.05) is 0 Å². The number of nitrogens with zero attached hydrogens (tertiary/aromatic N) is 3. The normalized spacial score (nSPS) is 20.7. The van der Waals surface area contributed by atoms with Crippen LogP contribution in [0.5, 0.6) is 5.75 Å². The lowest BCUT2D eigenvalue weighted by atomic mass is 9.95. The number of ether oxygens (including phenoxy) is 1. The maximum Gasteiger partial charge on any atom is 0.325 e. The summed E-state index contributed by atoms with van der Waals surface area (Å²) in [7, 11) is 0. The molecule has 23 heavy (non-hydrogen) atoms. The third-order valence-corrected chi connectivity index (χ3v) is 3.58. The zero-order valence-electron chi connectivity index (χ0n) is 11.8. The molecule has 0 unspecified atom stereocenters. The maximum atomic E-state index is 11.1. The SMILES string of the molecule is O=[N+]([O-])c1cc([N+](=O)[O-])c(O[C@H]2CCCC[C@@H]2O)c([N+](=O)[O-])c1. The van der Waals surface area contributed by atoms with Crippen molar-refractivity contribution >= 4 is 17.1 Å². The Morgan fingerprint density at radius 3 is 1.91 bits per heavy atom. The van der Waals surface area contributed by atoms with Crippen LogP contribution in [-0.2, 0) is 0 Å². The summed E-state index contributed by atoms with van der Waals surface area (Å²) in [6.07, 6.45) is 0.522. The first kappa shape index (κ1) is 16.5. The highest BCUT2D eigenvalue weighted by Crippen LogP contribution is 2.42. The third kappa shape index (κ3) is 3.51. The summed E-state index contributed by atoms with van der Waals surface area (Å²) in [5.41, 5.74) is -2.52. The minimum Gasteiger partial charge on any atom is -0.476 e. The molecule has 0 heterocycles. The maximum absolute atomic E-state index is 11.1. The van der Waals surface area contributed by atoms with E-state index >= 15 is 0 Å². The lowest BCUT2D eigenvalue weighted by molar-refractivity contribution is -0.404. The third-order valence-electron chi connectivity index (χ3n) is 3.58. The van der Waals surface area contributed by atoms with Gasteiger partial charge in [0.05, 0.1) is 33.0 Å². The summed E-state index contributed by atoms with van der Waals surface area (Å²) in [5, 5.41) is 42.9. The number of nitro benzene ring substituents is 3. The number of hydrogen-bond donors (Lipinski definition) is 1. The van der Waals surface area contributed by atoms with Gasteiger partial charge in [0.25, 0.3) is 11.4 Å². The average Bonchev–Trinajstić information content (AvgIpc) is 2.48. The Balaban J connectivity index is 2.52. The molecule has 2 rings (SSSR count). The zero-order chi connectivity index (χ0) is 17.1. The topological polar surface area (TPSA) is 159 Å². The van der Waals surface area contributed by atoms with E-state index in [0.29, 0.717) is 31.4 Å². The molecular formula is C12H13N3O8. The highest BCUT2D eigenvalue weighted by Gasteiger charge is 2.35. The van der Waals surface area contributed by atoms with E-state index in [-0.39, 0.29) is 0 Å². The van der Waals surface area contributed by atoms with Gasteiger partial charge in [-0.1, -0.05) is 6.42 Å². The van der Waals surface area contributed by atoms with Gasteiger partial charge in [-0.25, -0.2) is 0 Å². The molecule has 0 radical (unpaired) electrons. The number of hydrogen-bond acceptors (Lipinski definition) is 8. The number of nitro groups is 3. The van der Waals surface area contributed by atoms with Crippen molar-refractivity contribution in [2.24, 2.45) is 0 Å². The molecule has 0 aromatic heterocycles. The van der Waals surface area contributed by atoms with Crippen LogP contribution < -0.4 is 4.74 Å². The molecule has 0 amide bonds. The lowest BCUT2D eigenvalue weighted by Gasteiger charge is -2.27. The molecule has 2 atom stereocenters. The molecule has 1 aromatic carbocycles. The number of aliphatic hydroxyl groups is 1. The van der Waals surface area contributed by atoms with Crippen LogP contribution in [0.4, 0.5) is 17.1 Å². The van der Waals surface area contributed by atoms with Crippen LogP contribution in [0.25, 0.3) is 0 Å². The molecule has 124 valence electrons. The number of non-ortho nitro benzene ring substituents is 1. The van der Waals surface area contributed by atoms with Crippen LogP contribution in [0.15, 0.2) is 12.1 Å². The van der Waals surface area contributed by atoms with Gasteiger partial charge in [-0.15, -0.1) is 0 Å². The van der Waals surface area contributed by atoms with Crippen molar-refractivity contribution in [3.05, 3.63) is 42.5 Å². The first-order valence-electron chi connectivity index (χ1n) is 6.77. The Hall–Kier alpha value is -2.82. The van der Waals surface area contributed by atoms with Gasteiger partial charge in [-0.2, -0.15) is 0 Å². The lowest BCUT2D eigenvalue weighted by Crippen LogP contribution is -2.35. The summed E-state index contributed by atoms with van der Waals surface area (Å²) in [6.45, 7) is 0. The van der Waals surface area contributed by atoms with Gasteiger partial charge >= 0.3 is 11.4 Å². The fourth-order valence-corrected chi connectivity index (χ4v) is 2.45. The van der Waals surface area contributed by atoms with E-state index in [1.54, 1.807) is 0 Å². The van der Waals surface area contributed by atoms with E-state index in [4.69, 9.17) is 4.74 Å². The van der Waals surface area contributed by atoms with E-state index in [0.717, 1.165) is 6.42 Å². The van der Waals surface area contributed by atoms with E-state index in [9.17, 15) is 35.4 Å². The van der Waals surface area contributed by atoms with Gasteiger partial charge in [0.15, 0.2) is 0 Å². The largest absolute Gasteiger partial charge is 0.476 e. The highest BCUT2D eigenvalue weighted by molar-refractivity contribution is 5.65. The van der Waals surface area contributed by atoms with Crippen LogP contribution in [0, 0.1) is 30.3 Å². The molecule has 1 aliphatic rings. The second kappa shape index (κ2) is 6.52. The minimum absolute atomic E-state index is 0.381. The predicted octanol–water partition coefficient (Wildman–Crippen LogP) is 2.09. The van der Waals surface area contributed by atoms with E-state index in [1.807, 2.05) is 0 Å². The van der Waals surface area contributed by atoms with E-state index in [2.05, 4.69) is 0 Å². The molecule has 1 N–H and O–H groups in total. The molecule has 1 fully saturated rings. The molecule has 0 aliphatic heterocycles. The summed E-state index contributed by atoms with van der Waals surface area (Å²) in [5.74, 6) is -0.670. The molecular weight excluding hydrogens is 314 g/mol. The van der Waals surface area contributed by atoms with Gasteiger partial charge in [0, 0.05) is 0 Å². The second-order valence-corrected chi connectivity index (χ2v) is 5.09. The summed E-state index contributed by atoms with van der Waals surface area (Å²) in [6, 6.07) is 1.22. The average molecular weight is 327 g/mol. The Morgan fingerprint density at radius 1 is 0.957 bits per heavy atom. The van der Waals surface area contributed by atoms with Crippen molar-refractivity contribution in [1.82, 2.24) is 0 Å². The van der Waals surface area contributed by atoms with Crippen LogP contribution >= 0.6 is 0 Å². The Morgan fingerprint density at radius 2 is 1.48 bits per heavy atom. The number of benzene rings is 1. The van der Waals surface area contributed by atoms with Gasteiger partial charge in [-0.3, -0.25) is 30.3 Å². The first-order valence-corrected chi connectivity index (χ1v) is 6.77. The van der Waals surface area contributed by atoms with Crippen LogP contribution in [-0.4, -0.2) is 32.1 Å². The standard InChI is InChI=1S/C12H13N3O8/c16-10-3-1-2-4-11(10)23-12-8(14(19)20)5-7(13(17)18)6-9(12)15(21)22/h5-6,10-11,16H,1-4H2/t10-,11-/m0/s1. The molecule has 1 saturated carbocycles. The van der Waals surface area contributed by atoms with Crippen molar-refractivity contribution in [3.63, 3.8) is 0 Å².